The number of hydrogen-bond acceptors (Lipinski definition) is 7. The Hall–Kier alpha value is -3.65. The highest BCUT2D eigenvalue weighted by Crippen LogP contribution is 2.39. The van der Waals surface area contributed by atoms with Crippen LogP contribution in [-0.2, 0) is 33.6 Å². The van der Waals surface area contributed by atoms with Crippen LogP contribution < -0.4 is 4.74 Å². The van der Waals surface area contributed by atoms with E-state index in [4.69, 9.17) is 9.47 Å². The summed E-state index contributed by atoms with van der Waals surface area (Å²) in [6.07, 6.45) is -3.76. The number of nitrogens with zero attached hydrogens (tertiary/aromatic N) is 4. The van der Waals surface area contributed by atoms with Gasteiger partial charge in [-0.05, 0) is 59.9 Å². The van der Waals surface area contributed by atoms with Crippen LogP contribution in [0.3, 0.4) is 0 Å². The Morgan fingerprint density at radius 3 is 2.62 bits per heavy atom. The van der Waals surface area contributed by atoms with Gasteiger partial charge in [0.05, 0.1) is 44.1 Å². The van der Waals surface area contributed by atoms with Crippen molar-refractivity contribution in [1.29, 1.82) is 0 Å². The van der Waals surface area contributed by atoms with Crippen LogP contribution in [0.25, 0.3) is 5.65 Å². The number of carboxylic acid groups (broad SMARTS) is 1. The Morgan fingerprint density at radius 2 is 1.93 bits per heavy atom. The monoisotopic (exact) mass is 600 g/mol. The topological polar surface area (TPSA) is 112 Å². The Morgan fingerprint density at radius 1 is 1.17 bits per heavy atom. The average molecular weight is 601 g/mol. The third-order valence-corrected chi connectivity index (χ3v) is 9.23. The summed E-state index contributed by atoms with van der Waals surface area (Å²) in [5.41, 5.74) is 2.75. The Kier molecular flexibility index (Phi) is 7.16. The molecule has 0 amide bonds. The number of benzene rings is 2. The Labute approximate surface area is 242 Å². The van der Waals surface area contributed by atoms with E-state index >= 15 is 0 Å². The lowest BCUT2D eigenvalue weighted by Gasteiger charge is -2.41. The van der Waals surface area contributed by atoms with Gasteiger partial charge in [-0.3, -0.25) is 9.20 Å². The molecule has 4 aromatic rings. The fourth-order valence-corrected chi connectivity index (χ4v) is 6.94. The number of halogens is 3. The highest BCUT2D eigenvalue weighted by molar-refractivity contribution is 7.89. The zero-order valence-corrected chi connectivity index (χ0v) is 23.5. The number of carbonyl (C=O) groups is 1. The smallest absolute Gasteiger partial charge is 0.452 e. The molecule has 1 N–H and O–H groups in total. The predicted molar refractivity (Wildman–Crippen MR) is 145 cm³/mol. The van der Waals surface area contributed by atoms with Gasteiger partial charge in [0.15, 0.2) is 17.0 Å². The lowest BCUT2D eigenvalue weighted by molar-refractivity contribution is -0.165. The second-order valence-electron chi connectivity index (χ2n) is 10.7. The summed E-state index contributed by atoms with van der Waals surface area (Å²) < 4.78 is 68.5. The molecule has 2 atom stereocenters. The molecule has 0 bridgehead atoms. The Bertz CT molecular complexity index is 1670. The van der Waals surface area contributed by atoms with Crippen molar-refractivity contribution in [2.24, 2.45) is 0 Å². The van der Waals surface area contributed by atoms with Crippen molar-refractivity contribution in [3.05, 3.63) is 88.4 Å². The van der Waals surface area contributed by atoms with Crippen LogP contribution in [0.4, 0.5) is 13.2 Å². The van der Waals surface area contributed by atoms with Gasteiger partial charge in [-0.2, -0.15) is 13.2 Å². The lowest BCUT2D eigenvalue weighted by atomic mass is 9.85. The minimum atomic E-state index is -4.69. The molecule has 9 nitrogen and oxygen atoms in total. The molecule has 42 heavy (non-hydrogen) atoms. The van der Waals surface area contributed by atoms with Crippen LogP contribution in [0.15, 0.2) is 59.6 Å². The van der Waals surface area contributed by atoms with Gasteiger partial charge in [0, 0.05) is 12.1 Å². The molecular weight excluding hydrogens is 573 g/mol. The number of alkyl halides is 3. The van der Waals surface area contributed by atoms with Crippen LogP contribution in [-0.4, -0.2) is 59.9 Å². The largest absolute Gasteiger partial charge is 0.593 e. The summed E-state index contributed by atoms with van der Waals surface area (Å²) in [4.78, 5) is 12.6. The first-order valence-electron chi connectivity index (χ1n) is 13.2. The van der Waals surface area contributed by atoms with Gasteiger partial charge in [-0.1, -0.05) is 30.3 Å². The maximum absolute atomic E-state index is 13.8. The van der Waals surface area contributed by atoms with Crippen molar-refractivity contribution < 1.29 is 37.1 Å². The molecule has 220 valence electrons. The van der Waals surface area contributed by atoms with Crippen LogP contribution >= 0.6 is 0 Å². The van der Waals surface area contributed by atoms with Crippen LogP contribution in [0.2, 0.25) is 0 Å². The van der Waals surface area contributed by atoms with Gasteiger partial charge in [0.25, 0.3) is 0 Å². The number of rotatable bonds is 6. The molecule has 6 rings (SSSR count). The highest BCUT2D eigenvalue weighted by atomic mass is 32.2. The van der Waals surface area contributed by atoms with E-state index in [0.29, 0.717) is 53.6 Å². The van der Waals surface area contributed by atoms with Crippen molar-refractivity contribution in [2.45, 2.75) is 49.4 Å². The normalized spacial score (nSPS) is 19.1. The number of para-hydroxylation sites is 1. The quantitative estimate of drug-likeness (QED) is 0.318. The van der Waals surface area contributed by atoms with E-state index in [9.17, 15) is 27.6 Å². The van der Waals surface area contributed by atoms with E-state index in [-0.39, 0.29) is 12.1 Å². The van der Waals surface area contributed by atoms with Crippen molar-refractivity contribution >= 4 is 23.0 Å². The molecule has 1 fully saturated rings. The number of pyridine rings is 1. The molecule has 2 unspecified atom stereocenters. The standard InChI is InChI=1S/C29H27F3N4O5S/c1-17-7-8-19(22(12-25(37)38)21-9-10-36-26(18(21)2)33-34-27(36)29(30,31)32)11-20(17)13-35-14-28(15-40-16-28)41-23-5-3-4-6-24(23)42(35)39/h3-11,22H,12-16H2,1-2H3,(H,37,38). The second-order valence-corrected chi connectivity index (χ2v) is 12.2. The minimum Gasteiger partial charge on any atom is -0.593 e. The molecule has 2 aromatic carbocycles. The molecule has 2 aliphatic heterocycles. The minimum absolute atomic E-state index is 0.00851. The van der Waals surface area contributed by atoms with E-state index in [1.54, 1.807) is 19.1 Å². The summed E-state index contributed by atoms with van der Waals surface area (Å²) in [6, 6.07) is 14.3. The first-order chi connectivity index (χ1) is 20.0. The summed E-state index contributed by atoms with van der Waals surface area (Å²) in [6.45, 7) is 4.93. The average Bonchev–Trinajstić information content (AvgIpc) is 3.32. The first-order valence-corrected chi connectivity index (χ1v) is 14.3. The maximum atomic E-state index is 13.8. The summed E-state index contributed by atoms with van der Waals surface area (Å²) in [7, 11) is 0. The van der Waals surface area contributed by atoms with Gasteiger partial charge in [0.1, 0.15) is 0 Å². The van der Waals surface area contributed by atoms with E-state index in [0.717, 1.165) is 15.5 Å². The van der Waals surface area contributed by atoms with Gasteiger partial charge in [0.2, 0.25) is 10.7 Å². The molecule has 0 saturated carbocycles. The number of hydrogen-bond donors (Lipinski definition) is 1. The number of ether oxygens (including phenoxy) is 2. The summed E-state index contributed by atoms with van der Waals surface area (Å²) >= 11 is -1.53. The number of aromatic nitrogens is 3. The molecule has 1 spiro atoms. The molecular formula is C29H27F3N4O5S. The molecule has 2 aromatic heterocycles. The third kappa shape index (κ3) is 5.10. The van der Waals surface area contributed by atoms with Crippen LogP contribution in [0, 0.1) is 13.8 Å². The molecule has 1 saturated heterocycles. The van der Waals surface area contributed by atoms with Gasteiger partial charge >= 0.3 is 12.1 Å². The predicted octanol–water partition coefficient (Wildman–Crippen LogP) is 4.66. The summed E-state index contributed by atoms with van der Waals surface area (Å²) in [5, 5.41) is 16.9. The fraction of sp³-hybridized carbons (Fsp3) is 0.345. The SMILES string of the molecule is Cc1ccc(C(CC(=O)O)c2ccn3c(C(F)(F)F)nnc3c2C)cc1CN1CC2(COC2)Oc2ccccc2[S+]1[O-]. The number of aliphatic carboxylic acids is 1. The van der Waals surface area contributed by atoms with Gasteiger partial charge in [-0.25, -0.2) is 0 Å². The second kappa shape index (κ2) is 10.6. The van der Waals surface area contributed by atoms with Gasteiger partial charge < -0.3 is 19.1 Å². The zero-order valence-electron chi connectivity index (χ0n) is 22.7. The number of fused-ring (bicyclic) bond motifs is 2. The van der Waals surface area contributed by atoms with Crippen LogP contribution in [0.5, 0.6) is 5.75 Å². The van der Waals surface area contributed by atoms with E-state index in [1.165, 1.54) is 12.3 Å². The molecule has 4 heterocycles. The summed E-state index contributed by atoms with van der Waals surface area (Å²) in [5.74, 6) is -2.33. The van der Waals surface area contributed by atoms with E-state index < -0.39 is 40.9 Å². The third-order valence-electron chi connectivity index (χ3n) is 7.79. The number of aryl methyl sites for hydroxylation is 2. The van der Waals surface area contributed by atoms with Crippen LogP contribution in [0.1, 0.15) is 46.0 Å². The van der Waals surface area contributed by atoms with Crippen molar-refractivity contribution in [2.75, 3.05) is 19.8 Å². The van der Waals surface area contributed by atoms with Crippen molar-refractivity contribution in [1.82, 2.24) is 18.9 Å². The van der Waals surface area contributed by atoms with Gasteiger partial charge in [-0.15, -0.1) is 14.5 Å². The van der Waals surface area contributed by atoms with E-state index in [2.05, 4.69) is 10.2 Å². The highest BCUT2D eigenvalue weighted by Gasteiger charge is 2.49. The van der Waals surface area contributed by atoms with E-state index in [1.807, 2.05) is 41.6 Å². The maximum Gasteiger partial charge on any atom is 0.452 e. The molecule has 13 heteroatoms. The molecule has 0 aliphatic carbocycles. The zero-order chi connectivity index (χ0) is 29.8. The molecule has 0 radical (unpaired) electrons. The van der Waals surface area contributed by atoms with Crippen molar-refractivity contribution in [3.63, 3.8) is 0 Å². The fourth-order valence-electron chi connectivity index (χ4n) is 5.58. The lowest BCUT2D eigenvalue weighted by Crippen LogP contribution is -2.60. The Balaban J connectivity index is 1.37. The first kappa shape index (κ1) is 28.5. The molecule has 2 aliphatic rings. The van der Waals surface area contributed by atoms with Crippen molar-refractivity contribution in [3.8, 4) is 5.75 Å². The number of carboxylic acids is 1.